The lowest BCUT2D eigenvalue weighted by Gasteiger charge is -2.00. The largest absolute Gasteiger partial charge is 0.398 e. The molecule has 0 saturated carbocycles. The number of rotatable bonds is 2. The van der Waals surface area contributed by atoms with Gasteiger partial charge in [0.1, 0.15) is 0 Å². The molecule has 0 unspecified atom stereocenters. The van der Waals surface area contributed by atoms with Crippen molar-refractivity contribution >= 4 is 22.7 Å². The Kier molecular flexibility index (Phi) is 2.61. The van der Waals surface area contributed by atoms with E-state index in [-0.39, 0.29) is 0 Å². The van der Waals surface area contributed by atoms with E-state index in [2.05, 4.69) is 17.1 Å². The van der Waals surface area contributed by atoms with Crippen molar-refractivity contribution in [1.29, 1.82) is 0 Å². The van der Waals surface area contributed by atoms with E-state index in [0.717, 1.165) is 27.7 Å². The Morgan fingerprint density at radius 2 is 1.67 bits per heavy atom. The van der Waals surface area contributed by atoms with Gasteiger partial charge >= 0.3 is 0 Å². The zero-order chi connectivity index (χ0) is 12.4. The number of aromatic amines is 1. The first kappa shape index (κ1) is 10.7. The average molecular weight is 234 g/mol. The fourth-order valence-corrected chi connectivity index (χ4v) is 2.12. The average Bonchev–Trinajstić information content (AvgIpc) is 2.84. The Morgan fingerprint density at radius 1 is 0.944 bits per heavy atom. The summed E-state index contributed by atoms with van der Waals surface area (Å²) in [7, 11) is 0. The Morgan fingerprint density at radius 3 is 2.50 bits per heavy atom. The number of H-pyrrole nitrogens is 1. The lowest BCUT2D eigenvalue weighted by atomic mass is 10.1. The lowest BCUT2D eigenvalue weighted by molar-refractivity contribution is 1.45. The minimum atomic E-state index is 0.777. The van der Waals surface area contributed by atoms with Crippen LogP contribution in [0.1, 0.15) is 11.1 Å². The number of nitrogens with two attached hydrogens (primary N) is 1. The van der Waals surface area contributed by atoms with Crippen LogP contribution < -0.4 is 5.73 Å². The summed E-state index contributed by atoms with van der Waals surface area (Å²) in [6.07, 6.45) is 3.95. The molecule has 88 valence electrons. The molecule has 0 aliphatic carbocycles. The van der Waals surface area contributed by atoms with E-state index >= 15 is 0 Å². The third-order valence-electron chi connectivity index (χ3n) is 3.02. The van der Waals surface area contributed by atoms with Gasteiger partial charge in [-0.2, -0.15) is 0 Å². The Balaban J connectivity index is 2.07. The number of nitrogens with one attached hydrogen (secondary N) is 1. The van der Waals surface area contributed by atoms with Crippen LogP contribution in [0, 0.1) is 0 Å². The van der Waals surface area contributed by atoms with Gasteiger partial charge in [-0.05, 0) is 17.7 Å². The molecule has 3 aromatic rings. The minimum absolute atomic E-state index is 0.777. The van der Waals surface area contributed by atoms with Crippen molar-refractivity contribution in [2.45, 2.75) is 0 Å². The first-order valence-corrected chi connectivity index (χ1v) is 5.93. The van der Waals surface area contributed by atoms with Crippen LogP contribution >= 0.6 is 0 Å². The summed E-state index contributed by atoms with van der Waals surface area (Å²) in [6.45, 7) is 0. The molecule has 18 heavy (non-hydrogen) atoms. The maximum atomic E-state index is 6.18. The van der Waals surface area contributed by atoms with Crippen LogP contribution in [0.4, 0.5) is 0 Å². The molecule has 0 saturated heterocycles. The number of para-hydroxylation sites is 1. The molecule has 3 N–H and O–H groups in total. The maximum absolute atomic E-state index is 6.18. The van der Waals surface area contributed by atoms with Gasteiger partial charge in [0.15, 0.2) is 0 Å². The van der Waals surface area contributed by atoms with E-state index in [1.54, 1.807) is 0 Å². The zero-order valence-electron chi connectivity index (χ0n) is 9.93. The molecule has 0 spiro atoms. The highest BCUT2D eigenvalue weighted by Crippen LogP contribution is 2.23. The van der Waals surface area contributed by atoms with Gasteiger partial charge in [0.25, 0.3) is 0 Å². The SMILES string of the molecule is N/C(=C\c1ccccc1)c1c[nH]c2ccccc12. The van der Waals surface area contributed by atoms with Gasteiger partial charge in [0, 0.05) is 28.4 Å². The molecule has 0 fully saturated rings. The molecular formula is C16H14N2. The number of aromatic nitrogens is 1. The molecule has 1 aromatic heterocycles. The van der Waals surface area contributed by atoms with Crippen molar-refractivity contribution in [2.24, 2.45) is 5.73 Å². The van der Waals surface area contributed by atoms with Crippen molar-refractivity contribution in [3.05, 3.63) is 71.9 Å². The van der Waals surface area contributed by atoms with Gasteiger partial charge in [-0.15, -0.1) is 0 Å². The van der Waals surface area contributed by atoms with Crippen molar-refractivity contribution < 1.29 is 0 Å². The number of hydrogen-bond donors (Lipinski definition) is 2. The number of hydrogen-bond acceptors (Lipinski definition) is 1. The third-order valence-corrected chi connectivity index (χ3v) is 3.02. The van der Waals surface area contributed by atoms with Crippen LogP contribution in [0.5, 0.6) is 0 Å². The second-order valence-corrected chi connectivity index (χ2v) is 4.26. The van der Waals surface area contributed by atoms with Gasteiger partial charge in [-0.1, -0.05) is 48.5 Å². The highest BCUT2D eigenvalue weighted by Gasteiger charge is 2.04. The van der Waals surface area contributed by atoms with E-state index in [4.69, 9.17) is 5.73 Å². The second-order valence-electron chi connectivity index (χ2n) is 4.26. The fourth-order valence-electron chi connectivity index (χ4n) is 2.12. The van der Waals surface area contributed by atoms with Gasteiger partial charge in [-0.3, -0.25) is 0 Å². The van der Waals surface area contributed by atoms with E-state index < -0.39 is 0 Å². The monoisotopic (exact) mass is 234 g/mol. The summed E-state index contributed by atoms with van der Waals surface area (Å²) in [5.74, 6) is 0. The summed E-state index contributed by atoms with van der Waals surface area (Å²) >= 11 is 0. The minimum Gasteiger partial charge on any atom is -0.398 e. The molecule has 2 heteroatoms. The molecule has 1 heterocycles. The van der Waals surface area contributed by atoms with E-state index in [1.165, 1.54) is 0 Å². The zero-order valence-corrected chi connectivity index (χ0v) is 9.93. The normalized spacial score (nSPS) is 11.9. The van der Waals surface area contributed by atoms with Crippen LogP contribution in [0.3, 0.4) is 0 Å². The molecule has 0 bridgehead atoms. The molecule has 0 atom stereocenters. The van der Waals surface area contributed by atoms with Crippen LogP contribution in [0.25, 0.3) is 22.7 Å². The summed E-state index contributed by atoms with van der Waals surface area (Å²) in [4.78, 5) is 3.23. The van der Waals surface area contributed by atoms with E-state index in [9.17, 15) is 0 Å². The standard InChI is InChI=1S/C16H14N2/c17-15(10-12-6-2-1-3-7-12)14-11-18-16-9-5-4-8-13(14)16/h1-11,18H,17H2/b15-10-. The Hall–Kier alpha value is -2.48. The summed E-state index contributed by atoms with van der Waals surface area (Å²) < 4.78 is 0. The third kappa shape index (κ3) is 1.89. The maximum Gasteiger partial charge on any atom is 0.0460 e. The summed E-state index contributed by atoms with van der Waals surface area (Å²) in [6, 6.07) is 18.3. The van der Waals surface area contributed by atoms with Crippen molar-refractivity contribution in [3.8, 4) is 0 Å². The van der Waals surface area contributed by atoms with Crippen LogP contribution in [0.15, 0.2) is 60.8 Å². The first-order chi connectivity index (χ1) is 8.84. The lowest BCUT2D eigenvalue weighted by Crippen LogP contribution is -1.94. The van der Waals surface area contributed by atoms with Crippen molar-refractivity contribution in [1.82, 2.24) is 4.98 Å². The molecular weight excluding hydrogens is 220 g/mol. The molecule has 3 rings (SSSR count). The molecule has 0 aliphatic heterocycles. The van der Waals surface area contributed by atoms with Crippen LogP contribution in [-0.2, 0) is 0 Å². The molecule has 2 nitrogen and oxygen atoms in total. The first-order valence-electron chi connectivity index (χ1n) is 5.93. The second kappa shape index (κ2) is 4.41. The van der Waals surface area contributed by atoms with Crippen LogP contribution in [-0.4, -0.2) is 4.98 Å². The van der Waals surface area contributed by atoms with Gasteiger partial charge in [0.05, 0.1) is 0 Å². The fraction of sp³-hybridized carbons (Fsp3) is 0. The smallest absolute Gasteiger partial charge is 0.0460 e. The predicted octanol–water partition coefficient (Wildman–Crippen LogP) is 3.62. The molecule has 0 radical (unpaired) electrons. The summed E-state index contributed by atoms with van der Waals surface area (Å²) in [5, 5.41) is 1.15. The topological polar surface area (TPSA) is 41.8 Å². The van der Waals surface area contributed by atoms with Crippen LogP contribution in [0.2, 0.25) is 0 Å². The highest BCUT2D eigenvalue weighted by molar-refractivity contribution is 5.95. The Labute approximate surface area is 106 Å². The summed E-state index contributed by atoms with van der Waals surface area (Å²) in [5.41, 5.74) is 10.2. The molecule has 2 aromatic carbocycles. The highest BCUT2D eigenvalue weighted by atomic mass is 14.7. The van der Waals surface area contributed by atoms with Gasteiger partial charge < -0.3 is 10.7 Å². The van der Waals surface area contributed by atoms with Crippen molar-refractivity contribution in [3.63, 3.8) is 0 Å². The van der Waals surface area contributed by atoms with E-state index in [0.29, 0.717) is 0 Å². The Bertz CT molecular complexity index is 693. The quantitative estimate of drug-likeness (QED) is 0.698. The molecule has 0 amide bonds. The number of fused-ring (bicyclic) bond motifs is 1. The molecule has 0 aliphatic rings. The van der Waals surface area contributed by atoms with Gasteiger partial charge in [0.2, 0.25) is 0 Å². The van der Waals surface area contributed by atoms with E-state index in [1.807, 2.05) is 54.7 Å². The van der Waals surface area contributed by atoms with Crippen molar-refractivity contribution in [2.75, 3.05) is 0 Å². The predicted molar refractivity (Wildman–Crippen MR) is 76.8 cm³/mol. The number of benzene rings is 2. The van der Waals surface area contributed by atoms with Gasteiger partial charge in [-0.25, -0.2) is 0 Å².